The van der Waals surface area contributed by atoms with Gasteiger partial charge in [-0.05, 0) is 112 Å². The van der Waals surface area contributed by atoms with E-state index in [0.29, 0.717) is 29.5 Å². The molecular weight excluding hydrogens is 432 g/mol. The van der Waals surface area contributed by atoms with Crippen LogP contribution in [-0.4, -0.2) is 18.7 Å². The Morgan fingerprint density at radius 2 is 1.74 bits per heavy atom. The van der Waals surface area contributed by atoms with E-state index < -0.39 is 5.41 Å². The summed E-state index contributed by atoms with van der Waals surface area (Å²) in [5.74, 6) is 3.04. The molecule has 1 aromatic rings. The topological polar surface area (TPSA) is 35.5 Å². The van der Waals surface area contributed by atoms with Crippen LogP contribution in [0.5, 0.6) is 0 Å². The first-order valence-corrected chi connectivity index (χ1v) is 14.2. The zero-order valence-electron chi connectivity index (χ0n) is 22.6. The van der Waals surface area contributed by atoms with Crippen LogP contribution in [0.15, 0.2) is 42.0 Å². The molecule has 35 heavy (non-hydrogen) atoms. The van der Waals surface area contributed by atoms with Gasteiger partial charge in [-0.2, -0.15) is 0 Å². The van der Waals surface area contributed by atoms with E-state index in [1.807, 2.05) is 6.92 Å². The summed E-state index contributed by atoms with van der Waals surface area (Å²) in [5.41, 5.74) is 2.78. The van der Waals surface area contributed by atoms with Gasteiger partial charge in [0.05, 0.1) is 24.7 Å². The van der Waals surface area contributed by atoms with Crippen LogP contribution in [0.2, 0.25) is 0 Å². The minimum Gasteiger partial charge on any atom is -0.465 e. The first-order chi connectivity index (χ1) is 16.7. The Hall–Kier alpha value is -1.61. The normalized spacial score (nSPS) is 38.7. The van der Waals surface area contributed by atoms with E-state index in [2.05, 4.69) is 64.1 Å². The van der Waals surface area contributed by atoms with E-state index in [1.54, 1.807) is 0 Å². The molecule has 3 fully saturated rings. The van der Waals surface area contributed by atoms with Gasteiger partial charge in [0.2, 0.25) is 0 Å². The average Bonchev–Trinajstić information content (AvgIpc) is 3.19. The van der Waals surface area contributed by atoms with Gasteiger partial charge in [0.1, 0.15) is 0 Å². The lowest BCUT2D eigenvalue weighted by Gasteiger charge is -2.60. The molecule has 0 heterocycles. The summed E-state index contributed by atoms with van der Waals surface area (Å²) in [5, 5.41) is 0. The van der Waals surface area contributed by atoms with Crippen LogP contribution < -0.4 is 0 Å². The molecule has 4 aliphatic carbocycles. The predicted molar refractivity (Wildman–Crippen MR) is 141 cm³/mol. The summed E-state index contributed by atoms with van der Waals surface area (Å²) in [6.07, 6.45) is 12.8. The molecule has 0 spiro atoms. The lowest BCUT2D eigenvalue weighted by atomic mass is 9.45. The Morgan fingerprint density at radius 1 is 1.00 bits per heavy atom. The zero-order valence-corrected chi connectivity index (χ0v) is 22.6. The number of carbonyl (C=O) groups is 1. The van der Waals surface area contributed by atoms with Crippen molar-refractivity contribution in [3.63, 3.8) is 0 Å². The number of allylic oxidation sites excluding steroid dienone is 1. The average molecular weight is 479 g/mol. The quantitative estimate of drug-likeness (QED) is 0.310. The Bertz CT molecular complexity index is 949. The van der Waals surface area contributed by atoms with Gasteiger partial charge in [-0.25, -0.2) is 0 Å². The fraction of sp³-hybridized carbons (Fsp3) is 0.719. The third kappa shape index (κ3) is 4.20. The second-order valence-electron chi connectivity index (χ2n) is 13.0. The van der Waals surface area contributed by atoms with E-state index >= 15 is 0 Å². The van der Waals surface area contributed by atoms with E-state index in [1.165, 1.54) is 49.7 Å². The van der Waals surface area contributed by atoms with Gasteiger partial charge in [-0.15, -0.1) is 0 Å². The minimum atomic E-state index is -0.506. The van der Waals surface area contributed by atoms with Crippen LogP contribution in [0.25, 0.3) is 0 Å². The third-order valence-electron chi connectivity index (χ3n) is 11.1. The fourth-order valence-corrected chi connectivity index (χ4v) is 8.83. The van der Waals surface area contributed by atoms with E-state index in [4.69, 9.17) is 9.47 Å². The first kappa shape index (κ1) is 25.1. The molecule has 3 saturated carbocycles. The molecule has 5 rings (SSSR count). The third-order valence-corrected chi connectivity index (χ3v) is 11.1. The van der Waals surface area contributed by atoms with Crippen molar-refractivity contribution in [3.8, 4) is 0 Å². The molecule has 0 amide bonds. The molecule has 0 radical (unpaired) electrons. The molecule has 0 N–H and O–H groups in total. The van der Waals surface area contributed by atoms with E-state index in [-0.39, 0.29) is 5.97 Å². The smallest absolute Gasteiger partial charge is 0.315 e. The molecule has 0 aliphatic heterocycles. The predicted octanol–water partition coefficient (Wildman–Crippen LogP) is 7.74. The van der Waals surface area contributed by atoms with Gasteiger partial charge in [0.25, 0.3) is 0 Å². The molecular formula is C32H46O3. The molecule has 3 nitrogen and oxygen atoms in total. The SMILES string of the molecule is CCOC(=O)C(C)(C)C1=CC[C@]2(C)[C@@H](CC[C@H]3[C@H]4CC[C@H](OCc5ccccc5)[C@]4(C)CC[C@H]32)C1. The number of ether oxygens (including phenoxy) is 2. The van der Waals surface area contributed by atoms with Crippen LogP contribution in [0.4, 0.5) is 0 Å². The fourth-order valence-electron chi connectivity index (χ4n) is 8.83. The van der Waals surface area contributed by atoms with Crippen molar-refractivity contribution in [1.29, 1.82) is 0 Å². The van der Waals surface area contributed by atoms with Gasteiger partial charge in [-0.3, -0.25) is 4.79 Å². The summed E-state index contributed by atoms with van der Waals surface area (Å²) in [4.78, 5) is 12.7. The van der Waals surface area contributed by atoms with Crippen molar-refractivity contribution in [2.45, 2.75) is 98.7 Å². The summed E-state index contributed by atoms with van der Waals surface area (Å²) in [6, 6.07) is 10.7. The maximum absolute atomic E-state index is 12.7. The van der Waals surface area contributed by atoms with Crippen molar-refractivity contribution in [2.75, 3.05) is 6.61 Å². The van der Waals surface area contributed by atoms with Gasteiger partial charge in [0.15, 0.2) is 0 Å². The van der Waals surface area contributed by atoms with Crippen molar-refractivity contribution in [1.82, 2.24) is 0 Å². The Balaban J connectivity index is 1.30. The van der Waals surface area contributed by atoms with Crippen molar-refractivity contribution >= 4 is 5.97 Å². The highest BCUT2D eigenvalue weighted by Gasteiger charge is 2.60. The maximum Gasteiger partial charge on any atom is 0.315 e. The summed E-state index contributed by atoms with van der Waals surface area (Å²) < 4.78 is 12.0. The Kier molecular flexibility index (Phi) is 6.70. The second-order valence-corrected chi connectivity index (χ2v) is 13.0. The number of esters is 1. The minimum absolute atomic E-state index is 0.0653. The summed E-state index contributed by atoms with van der Waals surface area (Å²) in [6.45, 7) is 12.4. The molecule has 1 aromatic carbocycles. The number of rotatable bonds is 6. The number of fused-ring (bicyclic) bond motifs is 5. The number of carbonyl (C=O) groups excluding carboxylic acids is 1. The molecule has 192 valence electrons. The molecule has 0 saturated heterocycles. The molecule has 0 aromatic heterocycles. The Morgan fingerprint density at radius 3 is 2.49 bits per heavy atom. The monoisotopic (exact) mass is 478 g/mol. The summed E-state index contributed by atoms with van der Waals surface area (Å²) >= 11 is 0. The standard InChI is InChI=1S/C32H46O3/c1-6-34-29(33)30(2,3)23-16-18-31(4)24(20-23)12-13-25-26-14-15-28(32(26,5)19-17-27(25)31)35-21-22-10-8-7-9-11-22/h7-11,16,24-28H,6,12-15,17-21H2,1-5H3/t24-,25-,26+,27+,28-,31+,32+/m0/s1. The number of hydrogen-bond acceptors (Lipinski definition) is 3. The van der Waals surface area contributed by atoms with Crippen LogP contribution in [0.1, 0.15) is 91.5 Å². The van der Waals surface area contributed by atoms with Crippen molar-refractivity contribution in [3.05, 3.63) is 47.5 Å². The van der Waals surface area contributed by atoms with Gasteiger partial charge >= 0.3 is 5.97 Å². The Labute approximate surface area is 213 Å². The maximum atomic E-state index is 12.7. The van der Waals surface area contributed by atoms with E-state index in [0.717, 1.165) is 37.2 Å². The van der Waals surface area contributed by atoms with Crippen LogP contribution in [0, 0.1) is 39.9 Å². The van der Waals surface area contributed by atoms with Gasteiger partial charge in [0, 0.05) is 0 Å². The van der Waals surface area contributed by atoms with Crippen LogP contribution in [-0.2, 0) is 20.9 Å². The highest BCUT2D eigenvalue weighted by Crippen LogP contribution is 2.67. The van der Waals surface area contributed by atoms with Crippen molar-refractivity contribution < 1.29 is 14.3 Å². The zero-order chi connectivity index (χ0) is 24.8. The highest BCUT2D eigenvalue weighted by molar-refractivity contribution is 5.79. The second kappa shape index (κ2) is 9.36. The lowest BCUT2D eigenvalue weighted by Crippen LogP contribution is -2.53. The highest BCUT2D eigenvalue weighted by atomic mass is 16.5. The van der Waals surface area contributed by atoms with E-state index in [9.17, 15) is 4.79 Å². The number of hydrogen-bond donors (Lipinski definition) is 0. The van der Waals surface area contributed by atoms with Crippen LogP contribution >= 0.6 is 0 Å². The molecule has 0 unspecified atom stereocenters. The first-order valence-electron chi connectivity index (χ1n) is 14.2. The van der Waals surface area contributed by atoms with Gasteiger partial charge < -0.3 is 9.47 Å². The van der Waals surface area contributed by atoms with Gasteiger partial charge in [-0.1, -0.05) is 55.8 Å². The summed E-state index contributed by atoms with van der Waals surface area (Å²) in [7, 11) is 0. The molecule has 7 atom stereocenters. The largest absolute Gasteiger partial charge is 0.465 e. The molecule has 4 aliphatic rings. The lowest BCUT2D eigenvalue weighted by molar-refractivity contribution is -0.152. The molecule has 0 bridgehead atoms. The van der Waals surface area contributed by atoms with Crippen molar-refractivity contribution in [2.24, 2.45) is 39.9 Å². The molecule has 3 heteroatoms. The van der Waals surface area contributed by atoms with Crippen LogP contribution in [0.3, 0.4) is 0 Å². The number of benzene rings is 1.